The van der Waals surface area contributed by atoms with E-state index in [2.05, 4.69) is 16.7 Å². The number of furan rings is 1. The molecule has 1 aliphatic rings. The quantitative estimate of drug-likeness (QED) is 0.831. The van der Waals surface area contributed by atoms with E-state index < -0.39 is 5.60 Å². The summed E-state index contributed by atoms with van der Waals surface area (Å²) >= 11 is 0. The van der Waals surface area contributed by atoms with Crippen LogP contribution in [0.15, 0.2) is 22.8 Å². The first-order chi connectivity index (χ1) is 9.90. The molecule has 0 aliphatic carbocycles. The first-order valence-corrected chi connectivity index (χ1v) is 7.88. The van der Waals surface area contributed by atoms with Crippen LogP contribution in [-0.4, -0.2) is 59.3 Å². The average molecular weight is 295 g/mol. The molecule has 3 N–H and O–H groups in total. The van der Waals surface area contributed by atoms with Gasteiger partial charge < -0.3 is 15.3 Å². The van der Waals surface area contributed by atoms with Crippen LogP contribution in [0, 0.1) is 0 Å². The Balaban J connectivity index is 1.98. The highest BCUT2D eigenvalue weighted by Crippen LogP contribution is 2.26. The number of rotatable bonds is 6. The average Bonchev–Trinajstić information content (AvgIpc) is 2.93. The Labute approximate surface area is 127 Å². The van der Waals surface area contributed by atoms with Gasteiger partial charge in [-0.25, -0.2) is 0 Å². The highest BCUT2D eigenvalue weighted by atomic mass is 16.3. The fourth-order valence-corrected chi connectivity index (χ4v) is 3.09. The SMILES string of the molecule is CCC(N)C(c1ccco1)N1CCN(CC(C)(C)O)CC1. The van der Waals surface area contributed by atoms with Crippen molar-refractivity contribution in [1.82, 2.24) is 9.80 Å². The minimum absolute atomic E-state index is 0.0805. The second kappa shape index (κ2) is 6.92. The summed E-state index contributed by atoms with van der Waals surface area (Å²) in [5, 5.41) is 9.93. The third kappa shape index (κ3) is 4.54. The maximum Gasteiger partial charge on any atom is 0.122 e. The standard InChI is InChI=1S/C16H29N3O2/c1-4-13(17)15(14-6-5-11-21-14)19-9-7-18(8-10-19)12-16(2,3)20/h5-6,11,13,15,20H,4,7-10,12,17H2,1-3H3. The number of nitrogens with two attached hydrogens (primary N) is 1. The largest absolute Gasteiger partial charge is 0.468 e. The number of aliphatic hydroxyl groups is 1. The Morgan fingerprint density at radius 2 is 2.00 bits per heavy atom. The zero-order valence-corrected chi connectivity index (χ0v) is 13.5. The Hall–Kier alpha value is -0.880. The Kier molecular flexibility index (Phi) is 5.43. The van der Waals surface area contributed by atoms with E-state index in [1.165, 1.54) is 0 Å². The number of hydrogen-bond donors (Lipinski definition) is 2. The molecule has 0 saturated carbocycles. The Bertz CT molecular complexity index is 406. The topological polar surface area (TPSA) is 65.9 Å². The first kappa shape index (κ1) is 16.5. The molecule has 2 unspecified atom stereocenters. The van der Waals surface area contributed by atoms with E-state index in [0.29, 0.717) is 6.54 Å². The van der Waals surface area contributed by atoms with Crippen LogP contribution in [0.5, 0.6) is 0 Å². The molecule has 5 nitrogen and oxygen atoms in total. The molecule has 1 aliphatic heterocycles. The monoisotopic (exact) mass is 295 g/mol. The van der Waals surface area contributed by atoms with Crippen LogP contribution in [-0.2, 0) is 0 Å². The Morgan fingerprint density at radius 3 is 2.48 bits per heavy atom. The fraction of sp³-hybridized carbons (Fsp3) is 0.750. The number of hydrogen-bond acceptors (Lipinski definition) is 5. The second-order valence-corrected chi connectivity index (χ2v) is 6.66. The van der Waals surface area contributed by atoms with Crippen molar-refractivity contribution in [3.05, 3.63) is 24.2 Å². The van der Waals surface area contributed by atoms with Crippen LogP contribution in [0.3, 0.4) is 0 Å². The molecule has 120 valence electrons. The predicted octanol–water partition coefficient (Wildman–Crippen LogP) is 1.45. The van der Waals surface area contributed by atoms with Crippen molar-refractivity contribution >= 4 is 0 Å². The summed E-state index contributed by atoms with van der Waals surface area (Å²) in [6.07, 6.45) is 2.64. The van der Waals surface area contributed by atoms with Gasteiger partial charge >= 0.3 is 0 Å². The van der Waals surface area contributed by atoms with Crippen LogP contribution in [0.2, 0.25) is 0 Å². The molecule has 1 fully saturated rings. The molecule has 2 rings (SSSR count). The molecular weight excluding hydrogens is 266 g/mol. The minimum atomic E-state index is -0.637. The minimum Gasteiger partial charge on any atom is -0.468 e. The van der Waals surface area contributed by atoms with Crippen LogP contribution in [0.4, 0.5) is 0 Å². The zero-order chi connectivity index (χ0) is 15.5. The van der Waals surface area contributed by atoms with E-state index in [1.54, 1.807) is 6.26 Å². The molecule has 1 aromatic rings. The van der Waals surface area contributed by atoms with Crippen LogP contribution < -0.4 is 5.73 Å². The van der Waals surface area contributed by atoms with Crippen LogP contribution >= 0.6 is 0 Å². The number of β-amino-alcohol motifs (C(OH)–C–C–N with tert-alkyl or cyclic N) is 1. The van der Waals surface area contributed by atoms with Crippen molar-refractivity contribution in [1.29, 1.82) is 0 Å². The summed E-state index contributed by atoms with van der Waals surface area (Å²) in [7, 11) is 0. The molecule has 2 heterocycles. The normalized spacial score (nSPS) is 21.4. The molecule has 0 spiro atoms. The van der Waals surface area contributed by atoms with Crippen molar-refractivity contribution < 1.29 is 9.52 Å². The first-order valence-electron chi connectivity index (χ1n) is 7.88. The molecule has 0 bridgehead atoms. The van der Waals surface area contributed by atoms with Crippen molar-refractivity contribution in [2.45, 2.75) is 44.9 Å². The molecule has 1 aromatic heterocycles. The van der Waals surface area contributed by atoms with Gasteiger partial charge in [0.05, 0.1) is 17.9 Å². The van der Waals surface area contributed by atoms with Gasteiger partial charge in [0.25, 0.3) is 0 Å². The van der Waals surface area contributed by atoms with Crippen LogP contribution in [0.1, 0.15) is 39.0 Å². The van der Waals surface area contributed by atoms with E-state index in [9.17, 15) is 5.11 Å². The van der Waals surface area contributed by atoms with Gasteiger partial charge in [-0.1, -0.05) is 6.92 Å². The van der Waals surface area contributed by atoms with E-state index in [-0.39, 0.29) is 12.1 Å². The van der Waals surface area contributed by atoms with Crippen molar-refractivity contribution in [3.8, 4) is 0 Å². The second-order valence-electron chi connectivity index (χ2n) is 6.66. The van der Waals surface area contributed by atoms with Crippen molar-refractivity contribution in [3.63, 3.8) is 0 Å². The van der Waals surface area contributed by atoms with Gasteiger partial charge in [0.1, 0.15) is 5.76 Å². The van der Waals surface area contributed by atoms with Gasteiger partial charge in [-0.05, 0) is 32.4 Å². The van der Waals surface area contributed by atoms with Gasteiger partial charge in [-0.2, -0.15) is 0 Å². The predicted molar refractivity (Wildman–Crippen MR) is 84.0 cm³/mol. The summed E-state index contributed by atoms with van der Waals surface area (Å²) in [5.41, 5.74) is 5.68. The molecule has 0 aromatic carbocycles. The Morgan fingerprint density at radius 1 is 1.33 bits per heavy atom. The van der Waals surface area contributed by atoms with Gasteiger partial charge in [-0.15, -0.1) is 0 Å². The molecule has 21 heavy (non-hydrogen) atoms. The summed E-state index contributed by atoms with van der Waals surface area (Å²) in [6.45, 7) is 10.4. The van der Waals surface area contributed by atoms with Crippen molar-refractivity contribution in [2.24, 2.45) is 5.73 Å². The maximum atomic E-state index is 9.93. The highest BCUT2D eigenvalue weighted by Gasteiger charge is 2.31. The molecular formula is C16H29N3O2. The van der Waals surface area contributed by atoms with E-state index >= 15 is 0 Å². The molecule has 5 heteroatoms. The van der Waals surface area contributed by atoms with Gasteiger partial charge in [-0.3, -0.25) is 9.80 Å². The van der Waals surface area contributed by atoms with Gasteiger partial charge in [0, 0.05) is 38.8 Å². The van der Waals surface area contributed by atoms with E-state index in [0.717, 1.165) is 38.4 Å². The summed E-state index contributed by atoms with van der Waals surface area (Å²) < 4.78 is 5.60. The number of nitrogens with zero attached hydrogens (tertiary/aromatic N) is 2. The summed E-state index contributed by atoms with van der Waals surface area (Å²) in [4.78, 5) is 4.72. The molecule has 0 radical (unpaired) electrons. The lowest BCUT2D eigenvalue weighted by Crippen LogP contribution is -2.53. The van der Waals surface area contributed by atoms with E-state index in [1.807, 2.05) is 26.0 Å². The molecule has 2 atom stereocenters. The lowest BCUT2D eigenvalue weighted by atomic mass is 10.0. The molecule has 0 amide bonds. The van der Waals surface area contributed by atoms with Crippen molar-refractivity contribution in [2.75, 3.05) is 32.7 Å². The highest BCUT2D eigenvalue weighted by molar-refractivity contribution is 5.08. The molecule has 1 saturated heterocycles. The summed E-state index contributed by atoms with van der Waals surface area (Å²) in [5.74, 6) is 0.959. The van der Waals surface area contributed by atoms with E-state index in [4.69, 9.17) is 10.2 Å². The zero-order valence-electron chi connectivity index (χ0n) is 13.5. The van der Waals surface area contributed by atoms with Gasteiger partial charge in [0.2, 0.25) is 0 Å². The fourth-order valence-electron chi connectivity index (χ4n) is 3.09. The summed E-state index contributed by atoms with van der Waals surface area (Å²) in [6, 6.07) is 4.17. The smallest absolute Gasteiger partial charge is 0.122 e. The maximum absolute atomic E-state index is 9.93. The third-order valence-corrected chi connectivity index (χ3v) is 4.12. The lowest BCUT2D eigenvalue weighted by molar-refractivity contribution is 0.00596. The number of piperazine rings is 1. The van der Waals surface area contributed by atoms with Gasteiger partial charge in [0.15, 0.2) is 0 Å². The van der Waals surface area contributed by atoms with Crippen LogP contribution in [0.25, 0.3) is 0 Å². The lowest BCUT2D eigenvalue weighted by Gasteiger charge is -2.41. The third-order valence-electron chi connectivity index (χ3n) is 4.12.